The Morgan fingerprint density at radius 2 is 2.03 bits per heavy atom. The van der Waals surface area contributed by atoms with Crippen LogP contribution in [0.25, 0.3) is 6.20 Å². The van der Waals surface area contributed by atoms with E-state index >= 15 is 0 Å². The van der Waals surface area contributed by atoms with Gasteiger partial charge in [0.2, 0.25) is 11.9 Å². The molecule has 0 unspecified atom stereocenters. The molecule has 1 N–H and O–H groups in total. The highest BCUT2D eigenvalue weighted by Crippen LogP contribution is 2.31. The summed E-state index contributed by atoms with van der Waals surface area (Å²) < 4.78 is 9.19. The number of ether oxygens (including phenoxy) is 1. The second-order valence-corrected chi connectivity index (χ2v) is 8.74. The Bertz CT molecular complexity index is 1240. The molecule has 0 bridgehead atoms. The molecule has 5 heterocycles. The quantitative estimate of drug-likeness (QED) is 0.590. The van der Waals surface area contributed by atoms with Crippen molar-refractivity contribution in [3.05, 3.63) is 48.2 Å². The fourth-order valence-corrected chi connectivity index (χ4v) is 4.53. The van der Waals surface area contributed by atoms with Crippen molar-refractivity contribution < 1.29 is 9.53 Å². The van der Waals surface area contributed by atoms with Gasteiger partial charge in [-0.05, 0) is 23.8 Å². The number of nitrogens with one attached hydrogen (secondary N) is 1. The van der Waals surface area contributed by atoms with Gasteiger partial charge < -0.3 is 19.9 Å². The number of amides is 1. The summed E-state index contributed by atoms with van der Waals surface area (Å²) in [7, 11) is 1.80. The predicted octanol–water partition coefficient (Wildman–Crippen LogP) is 1.52. The van der Waals surface area contributed by atoms with E-state index in [9.17, 15) is 4.79 Å². The summed E-state index contributed by atoms with van der Waals surface area (Å²) in [5.41, 5.74) is 3.86. The van der Waals surface area contributed by atoms with Crippen LogP contribution in [0.15, 0.2) is 36.8 Å². The molecule has 0 atom stereocenters. The molecule has 1 amide bonds. The number of morpholine rings is 1. The maximum Gasteiger partial charge on any atom is 0.247 e. The number of likely N-dealkylation sites (N-methyl/N-ethyl adjacent to an activating group) is 1. The van der Waals surface area contributed by atoms with E-state index in [0.717, 1.165) is 67.8 Å². The first-order chi connectivity index (χ1) is 16.6. The molecule has 11 nitrogen and oxygen atoms in total. The van der Waals surface area contributed by atoms with Gasteiger partial charge in [0.25, 0.3) is 0 Å². The third-order valence-corrected chi connectivity index (χ3v) is 6.51. The second-order valence-electron chi connectivity index (χ2n) is 8.74. The van der Waals surface area contributed by atoms with Crippen LogP contribution in [0.3, 0.4) is 0 Å². The average molecular weight is 462 g/mol. The fraction of sp³-hybridized carbons (Fsp3) is 0.391. The van der Waals surface area contributed by atoms with Crippen LogP contribution in [0.1, 0.15) is 11.4 Å². The first-order valence-corrected chi connectivity index (χ1v) is 11.5. The lowest BCUT2D eigenvalue weighted by molar-refractivity contribution is -0.117. The summed E-state index contributed by atoms with van der Waals surface area (Å²) in [4.78, 5) is 22.8. The number of rotatable bonds is 6. The highest BCUT2D eigenvalue weighted by Gasteiger charge is 2.24. The molecule has 1 saturated heterocycles. The summed E-state index contributed by atoms with van der Waals surface area (Å²) in [6.07, 6.45) is 8.27. The van der Waals surface area contributed by atoms with E-state index in [1.165, 1.54) is 0 Å². The molecule has 1 aromatic carbocycles. The molecular formula is C23H27N9O2. The van der Waals surface area contributed by atoms with E-state index in [-0.39, 0.29) is 5.91 Å². The van der Waals surface area contributed by atoms with Crippen molar-refractivity contribution in [1.29, 1.82) is 0 Å². The van der Waals surface area contributed by atoms with Crippen molar-refractivity contribution in [3.8, 4) is 0 Å². The number of hydrogen-bond acceptors (Lipinski definition) is 8. The normalized spacial score (nSPS) is 17.9. The maximum absolute atomic E-state index is 11.9. The van der Waals surface area contributed by atoms with Gasteiger partial charge in [0, 0.05) is 56.7 Å². The lowest BCUT2D eigenvalue weighted by Crippen LogP contribution is -2.38. The Morgan fingerprint density at radius 3 is 2.91 bits per heavy atom. The van der Waals surface area contributed by atoms with Crippen molar-refractivity contribution in [3.63, 3.8) is 0 Å². The molecule has 0 radical (unpaired) electrons. The molecule has 6 rings (SSSR count). The molecule has 0 saturated carbocycles. The van der Waals surface area contributed by atoms with Crippen LogP contribution in [0.4, 0.5) is 23.0 Å². The van der Waals surface area contributed by atoms with Gasteiger partial charge in [-0.2, -0.15) is 10.1 Å². The van der Waals surface area contributed by atoms with Crippen molar-refractivity contribution in [1.82, 2.24) is 29.4 Å². The number of carbonyl (C=O) groups excluding carboxylic acids is 1. The summed E-state index contributed by atoms with van der Waals surface area (Å²) in [5.74, 6) is 1.47. The molecule has 11 heteroatoms. The third-order valence-electron chi connectivity index (χ3n) is 6.51. The van der Waals surface area contributed by atoms with Gasteiger partial charge >= 0.3 is 0 Å². The summed E-state index contributed by atoms with van der Waals surface area (Å²) in [6.45, 7) is 6.00. The van der Waals surface area contributed by atoms with Crippen LogP contribution in [-0.4, -0.2) is 75.2 Å². The van der Waals surface area contributed by atoms with Gasteiger partial charge in [-0.15, -0.1) is 5.10 Å². The topological polar surface area (TPSA) is 96.6 Å². The van der Waals surface area contributed by atoms with Crippen molar-refractivity contribution in [2.45, 2.75) is 19.5 Å². The minimum atomic E-state index is 0.109. The SMILES string of the molecule is CN1C(=O)Cc2cc(Nc3nc4n(n3)C=CN(c3cnn(CCN5CCOCC5)c3)C4)ccc21. The Balaban J connectivity index is 1.10. The van der Waals surface area contributed by atoms with Gasteiger partial charge in [-0.1, -0.05) is 0 Å². The monoisotopic (exact) mass is 461 g/mol. The van der Waals surface area contributed by atoms with E-state index in [0.29, 0.717) is 18.9 Å². The molecule has 176 valence electrons. The Labute approximate surface area is 197 Å². The molecule has 3 aliphatic heterocycles. The zero-order valence-electron chi connectivity index (χ0n) is 19.1. The largest absolute Gasteiger partial charge is 0.379 e. The van der Waals surface area contributed by atoms with Crippen molar-refractivity contribution in [2.24, 2.45) is 0 Å². The molecule has 3 aromatic rings. The van der Waals surface area contributed by atoms with Crippen molar-refractivity contribution >= 4 is 35.1 Å². The van der Waals surface area contributed by atoms with Crippen LogP contribution in [0.5, 0.6) is 0 Å². The molecule has 3 aliphatic rings. The molecule has 0 spiro atoms. The first kappa shape index (κ1) is 20.9. The summed E-state index contributed by atoms with van der Waals surface area (Å²) >= 11 is 0. The van der Waals surface area contributed by atoms with Gasteiger partial charge in [-0.3, -0.25) is 14.4 Å². The minimum Gasteiger partial charge on any atom is -0.379 e. The number of fused-ring (bicyclic) bond motifs is 2. The molecular weight excluding hydrogens is 434 g/mol. The van der Waals surface area contributed by atoms with Gasteiger partial charge in [0.1, 0.15) is 0 Å². The van der Waals surface area contributed by atoms with Crippen LogP contribution in [-0.2, 0) is 29.0 Å². The number of nitrogens with zero attached hydrogens (tertiary/aromatic N) is 8. The van der Waals surface area contributed by atoms with Crippen LogP contribution >= 0.6 is 0 Å². The molecule has 2 aromatic heterocycles. The Morgan fingerprint density at radius 1 is 1.15 bits per heavy atom. The molecule has 1 fully saturated rings. The first-order valence-electron chi connectivity index (χ1n) is 11.5. The second kappa shape index (κ2) is 8.58. The van der Waals surface area contributed by atoms with E-state index in [1.807, 2.05) is 41.5 Å². The number of benzene rings is 1. The van der Waals surface area contributed by atoms with E-state index < -0.39 is 0 Å². The smallest absolute Gasteiger partial charge is 0.247 e. The Hall–Kier alpha value is -3.70. The Kier molecular flexibility index (Phi) is 5.27. The standard InChI is InChI=1S/C23H27N9O2/c1-28-20-3-2-18(12-17(20)13-22(28)33)25-23-26-21-16-30(5-7-32(21)27-23)19-14-24-31(15-19)6-4-29-8-10-34-11-9-29/h2-3,5,7,12,14-15H,4,6,8-11,13,16H2,1H3,(H,25,27). The zero-order chi connectivity index (χ0) is 23.1. The van der Waals surface area contributed by atoms with Crippen LogP contribution in [0.2, 0.25) is 0 Å². The summed E-state index contributed by atoms with van der Waals surface area (Å²) in [6, 6.07) is 5.89. The molecule has 34 heavy (non-hydrogen) atoms. The highest BCUT2D eigenvalue weighted by atomic mass is 16.5. The van der Waals surface area contributed by atoms with Gasteiger partial charge in [0.05, 0.1) is 44.6 Å². The number of hydrogen-bond donors (Lipinski definition) is 1. The zero-order valence-corrected chi connectivity index (χ0v) is 19.1. The minimum absolute atomic E-state index is 0.109. The lowest BCUT2D eigenvalue weighted by Gasteiger charge is -2.26. The van der Waals surface area contributed by atoms with Gasteiger partial charge in [-0.25, -0.2) is 4.68 Å². The van der Waals surface area contributed by atoms with E-state index in [1.54, 1.807) is 16.6 Å². The van der Waals surface area contributed by atoms with E-state index in [2.05, 4.69) is 36.5 Å². The maximum atomic E-state index is 11.9. The summed E-state index contributed by atoms with van der Waals surface area (Å²) in [5, 5.41) is 12.4. The highest BCUT2D eigenvalue weighted by molar-refractivity contribution is 6.01. The van der Waals surface area contributed by atoms with E-state index in [4.69, 9.17) is 4.74 Å². The number of aromatic nitrogens is 5. The lowest BCUT2D eigenvalue weighted by atomic mass is 10.1. The number of anilines is 4. The number of carbonyl (C=O) groups is 1. The van der Waals surface area contributed by atoms with Crippen LogP contribution in [0, 0.1) is 0 Å². The van der Waals surface area contributed by atoms with Crippen LogP contribution < -0.4 is 15.1 Å². The van der Waals surface area contributed by atoms with Gasteiger partial charge in [0.15, 0.2) is 5.82 Å². The average Bonchev–Trinajstić information content (AvgIpc) is 3.55. The predicted molar refractivity (Wildman–Crippen MR) is 128 cm³/mol. The third kappa shape index (κ3) is 4.03. The molecule has 0 aliphatic carbocycles. The van der Waals surface area contributed by atoms with Crippen molar-refractivity contribution in [2.75, 3.05) is 55.0 Å². The fourth-order valence-electron chi connectivity index (χ4n) is 4.53.